The summed E-state index contributed by atoms with van der Waals surface area (Å²) in [4.78, 5) is 14.5. The van der Waals surface area contributed by atoms with Gasteiger partial charge in [0.15, 0.2) is 18.1 Å². The van der Waals surface area contributed by atoms with Crippen molar-refractivity contribution in [2.75, 3.05) is 46.0 Å². The summed E-state index contributed by atoms with van der Waals surface area (Å²) in [7, 11) is -3.69. The minimum atomic E-state index is -3.69. The molecule has 2 aliphatic heterocycles. The fourth-order valence-corrected chi connectivity index (χ4v) is 5.94. The normalized spacial score (nSPS) is 18.5. The molecule has 0 bridgehead atoms. The van der Waals surface area contributed by atoms with Crippen LogP contribution in [0.3, 0.4) is 0 Å². The summed E-state index contributed by atoms with van der Waals surface area (Å²) in [6, 6.07) is 10.7. The molecule has 0 unspecified atom stereocenters. The SMILES string of the molecule is O=C(COc1ccc2c(c1)CCC2)N1CCN(S(=O)(=O)c2ccc3c(c2)OCCCO3)CC1. The number of carbonyl (C=O) groups is 1. The van der Waals surface area contributed by atoms with Crippen molar-refractivity contribution < 1.29 is 27.4 Å². The Morgan fingerprint density at radius 1 is 0.879 bits per heavy atom. The summed E-state index contributed by atoms with van der Waals surface area (Å²) in [5.41, 5.74) is 2.66. The van der Waals surface area contributed by atoms with Crippen LogP contribution in [0.2, 0.25) is 0 Å². The third-order valence-electron chi connectivity index (χ3n) is 6.38. The van der Waals surface area contributed by atoms with E-state index >= 15 is 0 Å². The lowest BCUT2D eigenvalue weighted by molar-refractivity contribution is -0.134. The standard InChI is InChI=1S/C24H28N2O6S/c27-24(17-32-20-6-5-18-3-1-4-19(18)15-20)25-9-11-26(12-10-25)33(28,29)21-7-8-22-23(16-21)31-14-2-13-30-22/h5-8,15-16H,1-4,9-14,17H2. The zero-order valence-corrected chi connectivity index (χ0v) is 19.3. The first-order valence-corrected chi connectivity index (χ1v) is 12.9. The highest BCUT2D eigenvalue weighted by Crippen LogP contribution is 2.33. The molecule has 3 aliphatic rings. The molecule has 8 nitrogen and oxygen atoms in total. The van der Waals surface area contributed by atoms with Crippen LogP contribution < -0.4 is 14.2 Å². The second kappa shape index (κ2) is 9.23. The summed E-state index contributed by atoms with van der Waals surface area (Å²) in [6.45, 7) is 2.12. The number of benzene rings is 2. The number of piperazine rings is 1. The average molecular weight is 473 g/mol. The Kier molecular flexibility index (Phi) is 6.16. The summed E-state index contributed by atoms with van der Waals surface area (Å²) >= 11 is 0. The van der Waals surface area contributed by atoms with E-state index in [1.54, 1.807) is 17.0 Å². The van der Waals surface area contributed by atoms with Crippen molar-refractivity contribution >= 4 is 15.9 Å². The van der Waals surface area contributed by atoms with E-state index in [4.69, 9.17) is 14.2 Å². The number of hydrogen-bond acceptors (Lipinski definition) is 6. The number of sulfonamides is 1. The Balaban J connectivity index is 1.17. The van der Waals surface area contributed by atoms with Crippen LogP contribution in [0.5, 0.6) is 17.2 Å². The second-order valence-electron chi connectivity index (χ2n) is 8.52. The number of hydrogen-bond donors (Lipinski definition) is 0. The summed E-state index contributed by atoms with van der Waals surface area (Å²) < 4.78 is 44.6. The molecule has 9 heteroatoms. The molecule has 1 saturated heterocycles. The third kappa shape index (κ3) is 4.65. The molecule has 0 atom stereocenters. The van der Waals surface area contributed by atoms with Gasteiger partial charge in [0.25, 0.3) is 5.91 Å². The molecule has 1 fully saturated rings. The molecule has 0 spiro atoms. The first-order chi connectivity index (χ1) is 16.0. The van der Waals surface area contributed by atoms with E-state index in [0.717, 1.165) is 25.7 Å². The molecule has 2 aromatic rings. The van der Waals surface area contributed by atoms with E-state index < -0.39 is 10.0 Å². The largest absolute Gasteiger partial charge is 0.490 e. The van der Waals surface area contributed by atoms with Crippen LogP contribution >= 0.6 is 0 Å². The topological polar surface area (TPSA) is 85.4 Å². The molecule has 0 aromatic heterocycles. The molecule has 33 heavy (non-hydrogen) atoms. The van der Waals surface area contributed by atoms with Gasteiger partial charge in [-0.05, 0) is 54.7 Å². The van der Waals surface area contributed by atoms with Crippen LogP contribution in [-0.4, -0.2) is 69.5 Å². The Bertz CT molecular complexity index is 1140. The quantitative estimate of drug-likeness (QED) is 0.664. The van der Waals surface area contributed by atoms with Gasteiger partial charge >= 0.3 is 0 Å². The fraction of sp³-hybridized carbons (Fsp3) is 0.458. The van der Waals surface area contributed by atoms with Gasteiger partial charge in [0.1, 0.15) is 5.75 Å². The Hall–Kier alpha value is -2.78. The Morgan fingerprint density at radius 2 is 1.64 bits per heavy atom. The van der Waals surface area contributed by atoms with Crippen LogP contribution in [0, 0.1) is 0 Å². The number of amides is 1. The molecule has 0 saturated carbocycles. The van der Waals surface area contributed by atoms with Gasteiger partial charge in [0, 0.05) is 38.7 Å². The highest BCUT2D eigenvalue weighted by atomic mass is 32.2. The number of ether oxygens (including phenoxy) is 3. The van der Waals surface area contributed by atoms with E-state index in [2.05, 4.69) is 6.07 Å². The Morgan fingerprint density at radius 3 is 2.45 bits per heavy atom. The summed E-state index contributed by atoms with van der Waals surface area (Å²) in [5, 5.41) is 0. The summed E-state index contributed by atoms with van der Waals surface area (Å²) in [5.74, 6) is 1.58. The van der Waals surface area contributed by atoms with Gasteiger partial charge in [-0.25, -0.2) is 8.42 Å². The van der Waals surface area contributed by atoms with E-state index in [9.17, 15) is 13.2 Å². The predicted molar refractivity (Wildman–Crippen MR) is 121 cm³/mol. The van der Waals surface area contributed by atoms with Gasteiger partial charge in [-0.2, -0.15) is 4.31 Å². The van der Waals surface area contributed by atoms with Crippen LogP contribution in [-0.2, 0) is 27.7 Å². The zero-order valence-electron chi connectivity index (χ0n) is 18.5. The lowest BCUT2D eigenvalue weighted by Gasteiger charge is -2.34. The van der Waals surface area contributed by atoms with E-state index in [-0.39, 0.29) is 30.5 Å². The van der Waals surface area contributed by atoms with Crippen molar-refractivity contribution in [1.82, 2.24) is 9.21 Å². The van der Waals surface area contributed by atoms with Gasteiger partial charge in [-0.1, -0.05) is 6.07 Å². The van der Waals surface area contributed by atoms with Crippen LogP contribution in [0.4, 0.5) is 0 Å². The van der Waals surface area contributed by atoms with Gasteiger partial charge in [0.2, 0.25) is 10.0 Å². The molecule has 176 valence electrons. The first kappa shape index (κ1) is 22.0. The van der Waals surface area contributed by atoms with Crippen molar-refractivity contribution in [3.63, 3.8) is 0 Å². The van der Waals surface area contributed by atoms with Gasteiger partial charge in [0.05, 0.1) is 18.1 Å². The lowest BCUT2D eigenvalue weighted by atomic mass is 10.1. The first-order valence-electron chi connectivity index (χ1n) is 11.4. The Labute approximate surface area is 194 Å². The average Bonchev–Trinajstić information content (AvgIpc) is 3.18. The highest BCUT2D eigenvalue weighted by molar-refractivity contribution is 7.89. The van der Waals surface area contributed by atoms with Gasteiger partial charge in [-0.15, -0.1) is 0 Å². The van der Waals surface area contributed by atoms with Crippen molar-refractivity contribution in [2.24, 2.45) is 0 Å². The monoisotopic (exact) mass is 472 g/mol. The maximum absolute atomic E-state index is 13.1. The third-order valence-corrected chi connectivity index (χ3v) is 8.28. The zero-order chi connectivity index (χ0) is 22.8. The van der Waals surface area contributed by atoms with Crippen molar-refractivity contribution in [3.05, 3.63) is 47.5 Å². The lowest BCUT2D eigenvalue weighted by Crippen LogP contribution is -2.51. The molecule has 0 radical (unpaired) electrons. The predicted octanol–water partition coefficient (Wildman–Crippen LogP) is 2.25. The second-order valence-corrected chi connectivity index (χ2v) is 10.5. The molecule has 2 aromatic carbocycles. The molecular formula is C24H28N2O6S. The smallest absolute Gasteiger partial charge is 0.260 e. The molecular weight excluding hydrogens is 444 g/mol. The number of nitrogens with zero attached hydrogens (tertiary/aromatic N) is 2. The van der Waals surface area contributed by atoms with Crippen molar-refractivity contribution in [1.29, 1.82) is 0 Å². The number of aryl methyl sites for hydroxylation is 2. The fourth-order valence-electron chi connectivity index (χ4n) is 4.51. The number of fused-ring (bicyclic) bond motifs is 2. The van der Waals surface area contributed by atoms with Gasteiger partial charge in [-0.3, -0.25) is 4.79 Å². The van der Waals surface area contributed by atoms with E-state index in [0.29, 0.717) is 43.6 Å². The maximum atomic E-state index is 13.1. The maximum Gasteiger partial charge on any atom is 0.260 e. The van der Waals surface area contributed by atoms with Crippen molar-refractivity contribution in [2.45, 2.75) is 30.6 Å². The molecule has 2 heterocycles. The minimum Gasteiger partial charge on any atom is -0.490 e. The summed E-state index contributed by atoms with van der Waals surface area (Å²) in [6.07, 6.45) is 4.08. The number of carbonyl (C=O) groups excluding carboxylic acids is 1. The molecule has 5 rings (SSSR count). The molecule has 1 aliphatic carbocycles. The van der Waals surface area contributed by atoms with Crippen LogP contribution in [0.15, 0.2) is 41.3 Å². The minimum absolute atomic E-state index is 0.0479. The molecule has 1 amide bonds. The van der Waals surface area contributed by atoms with E-state index in [1.807, 2.05) is 12.1 Å². The van der Waals surface area contributed by atoms with Gasteiger partial charge < -0.3 is 19.1 Å². The number of rotatable bonds is 5. The highest BCUT2D eigenvalue weighted by Gasteiger charge is 2.31. The molecule has 0 N–H and O–H groups in total. The van der Waals surface area contributed by atoms with Crippen molar-refractivity contribution in [3.8, 4) is 17.2 Å². The van der Waals surface area contributed by atoms with Crippen LogP contribution in [0.1, 0.15) is 24.0 Å². The van der Waals surface area contributed by atoms with Crippen LogP contribution in [0.25, 0.3) is 0 Å². The van der Waals surface area contributed by atoms with E-state index in [1.165, 1.54) is 21.5 Å².